The van der Waals surface area contributed by atoms with Crippen molar-refractivity contribution in [3.8, 4) is 0 Å². The van der Waals surface area contributed by atoms with Crippen molar-refractivity contribution in [3.05, 3.63) is 24.3 Å². The number of aromatic nitrogens is 2. The summed E-state index contributed by atoms with van der Waals surface area (Å²) in [5.74, 6) is 3.18. The number of anilines is 3. The van der Waals surface area contributed by atoms with Gasteiger partial charge in [0.2, 0.25) is 16.9 Å². The number of amides is 2. The zero-order valence-electron chi connectivity index (χ0n) is 16.5. The average Bonchev–Trinajstić information content (AvgIpc) is 3.11. The van der Waals surface area contributed by atoms with Crippen LogP contribution in [0.3, 0.4) is 0 Å². The molecule has 1 heterocycles. The first-order valence-corrected chi connectivity index (χ1v) is 12.3. The number of thioether (sulfide) groups is 1. The number of benzene rings is 1. The summed E-state index contributed by atoms with van der Waals surface area (Å²) in [4.78, 5) is 25.3. The van der Waals surface area contributed by atoms with E-state index in [0.29, 0.717) is 27.0 Å². The Morgan fingerprint density at radius 2 is 1.70 bits per heavy atom. The molecule has 2 amide bonds. The molecule has 9 heteroatoms. The fourth-order valence-electron chi connectivity index (χ4n) is 5.86. The monoisotopic (exact) mass is 443 g/mol. The number of nitrogens with two attached hydrogens (primary N) is 1. The van der Waals surface area contributed by atoms with Gasteiger partial charge in [0, 0.05) is 17.3 Å². The van der Waals surface area contributed by atoms with Crippen LogP contribution < -0.4 is 16.4 Å². The number of hydrogen-bond acceptors (Lipinski definition) is 7. The molecule has 7 nitrogen and oxygen atoms in total. The topological polar surface area (TPSA) is 110 Å². The molecule has 4 bridgehead atoms. The maximum absolute atomic E-state index is 13.1. The molecule has 4 saturated carbocycles. The van der Waals surface area contributed by atoms with E-state index in [1.807, 2.05) is 24.3 Å². The van der Waals surface area contributed by atoms with Crippen molar-refractivity contribution in [1.82, 2.24) is 10.2 Å². The maximum Gasteiger partial charge on any atom is 0.234 e. The zero-order valence-corrected chi connectivity index (χ0v) is 18.2. The Hall–Kier alpha value is -2.13. The third-order valence-corrected chi connectivity index (χ3v) is 8.58. The smallest absolute Gasteiger partial charge is 0.234 e. The van der Waals surface area contributed by atoms with Crippen LogP contribution in [0.15, 0.2) is 28.6 Å². The second-order valence-electron chi connectivity index (χ2n) is 8.77. The van der Waals surface area contributed by atoms with Crippen LogP contribution >= 0.6 is 23.1 Å². The van der Waals surface area contributed by atoms with Crippen LogP contribution in [-0.2, 0) is 9.59 Å². The summed E-state index contributed by atoms with van der Waals surface area (Å²) in [5.41, 5.74) is 6.95. The highest BCUT2D eigenvalue weighted by molar-refractivity contribution is 8.01. The molecule has 30 heavy (non-hydrogen) atoms. The number of nitrogen functional groups attached to an aromatic ring is 1. The minimum absolute atomic E-state index is 0.140. The number of hydrogen-bond donors (Lipinski definition) is 3. The Bertz CT molecular complexity index is 934. The molecule has 0 spiro atoms. The molecule has 1 aromatic heterocycles. The van der Waals surface area contributed by atoms with Gasteiger partial charge in [-0.1, -0.05) is 29.2 Å². The first-order chi connectivity index (χ1) is 14.5. The summed E-state index contributed by atoms with van der Waals surface area (Å²) in [6, 6.07) is 7.37. The molecule has 6 rings (SSSR count). The van der Waals surface area contributed by atoms with Crippen LogP contribution in [0.1, 0.15) is 32.1 Å². The van der Waals surface area contributed by atoms with E-state index >= 15 is 0 Å². The summed E-state index contributed by atoms with van der Waals surface area (Å²) in [5, 5.41) is 14.0. The first kappa shape index (κ1) is 19.8. The molecular formula is C21H25N5O2S2. The number of rotatable bonds is 6. The van der Waals surface area contributed by atoms with Crippen molar-refractivity contribution in [2.24, 2.45) is 29.6 Å². The quantitative estimate of drug-likeness (QED) is 0.585. The Labute approximate surface area is 183 Å². The lowest BCUT2D eigenvalue weighted by Gasteiger charge is -2.53. The lowest BCUT2D eigenvalue weighted by molar-refractivity contribution is -0.132. The molecular weight excluding hydrogens is 418 g/mol. The van der Waals surface area contributed by atoms with Crippen LogP contribution in [-0.4, -0.2) is 27.8 Å². The van der Waals surface area contributed by atoms with Crippen LogP contribution in [0.4, 0.5) is 16.5 Å². The van der Waals surface area contributed by atoms with Gasteiger partial charge in [0.25, 0.3) is 0 Å². The Kier molecular flexibility index (Phi) is 5.41. The van der Waals surface area contributed by atoms with Gasteiger partial charge >= 0.3 is 0 Å². The van der Waals surface area contributed by atoms with Gasteiger partial charge in [0.15, 0.2) is 4.34 Å². The van der Waals surface area contributed by atoms with E-state index < -0.39 is 0 Å². The largest absolute Gasteiger partial charge is 0.374 e. The lowest BCUT2D eigenvalue weighted by atomic mass is 9.51. The highest BCUT2D eigenvalue weighted by Crippen LogP contribution is 2.56. The van der Waals surface area contributed by atoms with Crippen molar-refractivity contribution < 1.29 is 9.59 Å². The number of nitrogens with one attached hydrogen (secondary N) is 2. The fraction of sp³-hybridized carbons (Fsp3) is 0.524. The molecule has 4 fully saturated rings. The molecule has 4 N–H and O–H groups in total. The number of nitrogens with zero attached hydrogens (tertiary/aromatic N) is 2. The molecule has 158 valence electrons. The normalized spacial score (nSPS) is 29.0. The second-order valence-corrected chi connectivity index (χ2v) is 11.0. The molecule has 1 aromatic carbocycles. The molecule has 0 unspecified atom stereocenters. The van der Waals surface area contributed by atoms with Gasteiger partial charge < -0.3 is 16.4 Å². The van der Waals surface area contributed by atoms with Crippen LogP contribution in [0.25, 0.3) is 0 Å². The zero-order chi connectivity index (χ0) is 20.7. The number of carbonyl (C=O) groups excluding carboxylic acids is 2. The summed E-state index contributed by atoms with van der Waals surface area (Å²) >= 11 is 2.56. The third-order valence-electron chi connectivity index (χ3n) is 6.69. The van der Waals surface area contributed by atoms with Crippen LogP contribution in [0.5, 0.6) is 0 Å². The first-order valence-electron chi connectivity index (χ1n) is 10.5. The second kappa shape index (κ2) is 8.19. The molecule has 4 aliphatic rings. The van der Waals surface area contributed by atoms with Gasteiger partial charge in [0.05, 0.1) is 5.75 Å². The van der Waals surface area contributed by atoms with Crippen molar-refractivity contribution in [1.29, 1.82) is 0 Å². The highest BCUT2D eigenvalue weighted by atomic mass is 32.2. The van der Waals surface area contributed by atoms with E-state index in [-0.39, 0.29) is 23.5 Å². The summed E-state index contributed by atoms with van der Waals surface area (Å²) in [6.45, 7) is 0. The summed E-state index contributed by atoms with van der Waals surface area (Å²) < 4.78 is 0.666. The molecule has 2 aromatic rings. The standard InChI is InChI=1S/C21H25N5O2S2/c22-20-25-26-21(30-20)29-10-17(27)23-15-2-1-3-16(9-15)24-19(28)18-13-5-11-4-12(7-13)8-14(18)6-11/h1-3,9,11-14,18H,4-8,10H2,(H2,22,25)(H,23,27)(H,24,28). The van der Waals surface area contributed by atoms with E-state index in [4.69, 9.17) is 5.73 Å². The molecule has 0 radical (unpaired) electrons. The van der Waals surface area contributed by atoms with Crippen molar-refractivity contribution in [2.75, 3.05) is 22.1 Å². The maximum atomic E-state index is 13.1. The van der Waals surface area contributed by atoms with Gasteiger partial charge in [-0.2, -0.15) is 0 Å². The Morgan fingerprint density at radius 3 is 2.33 bits per heavy atom. The van der Waals surface area contributed by atoms with Gasteiger partial charge in [-0.25, -0.2) is 0 Å². The van der Waals surface area contributed by atoms with Crippen molar-refractivity contribution in [2.45, 2.75) is 36.4 Å². The van der Waals surface area contributed by atoms with E-state index in [2.05, 4.69) is 20.8 Å². The molecule has 0 aliphatic heterocycles. The highest BCUT2D eigenvalue weighted by Gasteiger charge is 2.50. The van der Waals surface area contributed by atoms with E-state index in [0.717, 1.165) is 17.5 Å². The van der Waals surface area contributed by atoms with Gasteiger partial charge in [-0.05, 0) is 74.0 Å². The van der Waals surface area contributed by atoms with Crippen molar-refractivity contribution in [3.63, 3.8) is 0 Å². The van der Waals surface area contributed by atoms with E-state index in [1.165, 1.54) is 55.2 Å². The molecule has 0 saturated heterocycles. The predicted molar refractivity (Wildman–Crippen MR) is 119 cm³/mol. The van der Waals surface area contributed by atoms with E-state index in [1.54, 1.807) is 0 Å². The fourth-order valence-corrected chi connectivity index (χ4v) is 7.29. The van der Waals surface area contributed by atoms with Crippen molar-refractivity contribution >= 4 is 51.4 Å². The summed E-state index contributed by atoms with van der Waals surface area (Å²) in [7, 11) is 0. The minimum Gasteiger partial charge on any atom is -0.374 e. The molecule has 4 aliphatic carbocycles. The summed E-state index contributed by atoms with van der Waals surface area (Å²) in [6.07, 6.45) is 6.27. The number of carbonyl (C=O) groups is 2. The third kappa shape index (κ3) is 4.18. The SMILES string of the molecule is Nc1nnc(SCC(=O)Nc2cccc(NC(=O)C3C4CC5CC(C4)CC3C5)c2)s1. The predicted octanol–water partition coefficient (Wildman–Crippen LogP) is 3.86. The Morgan fingerprint density at radius 1 is 1.03 bits per heavy atom. The lowest BCUT2D eigenvalue weighted by Crippen LogP contribution is -2.49. The van der Waals surface area contributed by atoms with E-state index in [9.17, 15) is 9.59 Å². The van der Waals surface area contributed by atoms with Crippen LogP contribution in [0, 0.1) is 29.6 Å². The molecule has 0 atom stereocenters. The van der Waals surface area contributed by atoms with Gasteiger partial charge in [-0.3, -0.25) is 9.59 Å². The van der Waals surface area contributed by atoms with Gasteiger partial charge in [0.1, 0.15) is 0 Å². The van der Waals surface area contributed by atoms with Crippen LogP contribution in [0.2, 0.25) is 0 Å². The Balaban J connectivity index is 1.18. The van der Waals surface area contributed by atoms with Gasteiger partial charge in [-0.15, -0.1) is 10.2 Å². The average molecular weight is 444 g/mol. The minimum atomic E-state index is -0.140.